The summed E-state index contributed by atoms with van der Waals surface area (Å²) < 4.78 is 10.4. The van der Waals surface area contributed by atoms with E-state index in [1.54, 1.807) is 19.9 Å². The van der Waals surface area contributed by atoms with Crippen molar-refractivity contribution in [1.82, 2.24) is 0 Å². The van der Waals surface area contributed by atoms with Crippen molar-refractivity contribution < 1.29 is 19.1 Å². The van der Waals surface area contributed by atoms with Gasteiger partial charge in [0.05, 0.1) is 12.5 Å². The summed E-state index contributed by atoms with van der Waals surface area (Å²) in [5.41, 5.74) is 1.17. The van der Waals surface area contributed by atoms with E-state index in [2.05, 4.69) is 5.32 Å². The molecule has 5 nitrogen and oxygen atoms in total. The van der Waals surface area contributed by atoms with Gasteiger partial charge >= 0.3 is 5.97 Å². The van der Waals surface area contributed by atoms with Gasteiger partial charge in [-0.05, 0) is 31.9 Å². The smallest absolute Gasteiger partial charge is 0.314 e. The predicted molar refractivity (Wildman–Crippen MR) is 74.7 cm³/mol. The standard InChI is InChI=1S/C15H19NO4/c1-15(2,14(18)19-3)9-20-11-6-4-10-5-7-13(17)16-12(10)8-11/h4,6,8H,5,7,9H2,1-3H3,(H,16,17). The molecule has 1 aliphatic heterocycles. The minimum Gasteiger partial charge on any atom is -0.492 e. The quantitative estimate of drug-likeness (QED) is 0.856. The Labute approximate surface area is 118 Å². The zero-order valence-corrected chi connectivity index (χ0v) is 12.0. The molecule has 0 atom stereocenters. The second-order valence-electron chi connectivity index (χ2n) is 5.53. The van der Waals surface area contributed by atoms with Gasteiger partial charge in [-0.15, -0.1) is 0 Å². The lowest BCUT2D eigenvalue weighted by atomic mass is 9.95. The Hall–Kier alpha value is -2.04. The van der Waals surface area contributed by atoms with Crippen LogP contribution in [0.2, 0.25) is 0 Å². The van der Waals surface area contributed by atoms with Gasteiger partial charge in [0, 0.05) is 18.2 Å². The number of rotatable bonds is 4. The van der Waals surface area contributed by atoms with Gasteiger partial charge in [-0.25, -0.2) is 0 Å². The maximum absolute atomic E-state index is 11.6. The number of fused-ring (bicyclic) bond motifs is 1. The molecule has 20 heavy (non-hydrogen) atoms. The van der Waals surface area contributed by atoms with E-state index in [1.807, 2.05) is 12.1 Å². The number of aryl methyl sites for hydroxylation is 1. The van der Waals surface area contributed by atoms with E-state index in [0.717, 1.165) is 17.7 Å². The molecule has 0 fully saturated rings. The number of nitrogens with one attached hydrogen (secondary N) is 1. The maximum Gasteiger partial charge on any atom is 0.314 e. The molecule has 0 saturated heterocycles. The summed E-state index contributed by atoms with van der Waals surface area (Å²) in [7, 11) is 1.36. The summed E-state index contributed by atoms with van der Waals surface area (Å²) in [5, 5.41) is 2.82. The van der Waals surface area contributed by atoms with Crippen LogP contribution >= 0.6 is 0 Å². The minimum atomic E-state index is -0.714. The second kappa shape index (κ2) is 5.53. The largest absolute Gasteiger partial charge is 0.492 e. The van der Waals surface area contributed by atoms with Gasteiger partial charge in [-0.1, -0.05) is 6.07 Å². The Bertz CT molecular complexity index is 537. The van der Waals surface area contributed by atoms with E-state index in [0.29, 0.717) is 12.2 Å². The molecular formula is C15H19NO4. The first kappa shape index (κ1) is 14.4. The van der Waals surface area contributed by atoms with E-state index in [9.17, 15) is 9.59 Å². The van der Waals surface area contributed by atoms with Crippen molar-refractivity contribution in [1.29, 1.82) is 0 Å². The summed E-state index contributed by atoms with van der Waals surface area (Å²) in [6.07, 6.45) is 1.26. The van der Waals surface area contributed by atoms with E-state index in [1.165, 1.54) is 7.11 Å². The number of ether oxygens (including phenoxy) is 2. The molecule has 1 aliphatic rings. The molecule has 0 aliphatic carbocycles. The minimum absolute atomic E-state index is 0.0181. The number of hydrogen-bond donors (Lipinski definition) is 1. The average molecular weight is 277 g/mol. The monoisotopic (exact) mass is 277 g/mol. The van der Waals surface area contributed by atoms with E-state index >= 15 is 0 Å². The third kappa shape index (κ3) is 3.10. The number of methoxy groups -OCH3 is 1. The van der Waals surface area contributed by atoms with Crippen molar-refractivity contribution in [3.8, 4) is 5.75 Å². The first-order valence-corrected chi connectivity index (χ1v) is 6.56. The topological polar surface area (TPSA) is 64.6 Å². The van der Waals surface area contributed by atoms with Crippen molar-refractivity contribution in [3.05, 3.63) is 23.8 Å². The third-order valence-corrected chi connectivity index (χ3v) is 3.31. The number of amides is 1. The molecule has 1 aromatic rings. The lowest BCUT2D eigenvalue weighted by molar-refractivity contribution is -0.152. The first-order chi connectivity index (χ1) is 9.42. The SMILES string of the molecule is COC(=O)C(C)(C)COc1ccc2c(c1)NC(=O)CC2. The Morgan fingerprint density at radius 2 is 2.10 bits per heavy atom. The normalized spacial score (nSPS) is 14.2. The average Bonchev–Trinajstić information content (AvgIpc) is 2.43. The first-order valence-electron chi connectivity index (χ1n) is 6.56. The van der Waals surface area contributed by atoms with Crippen molar-refractivity contribution in [3.63, 3.8) is 0 Å². The van der Waals surface area contributed by atoms with Crippen LogP contribution in [0.3, 0.4) is 0 Å². The third-order valence-electron chi connectivity index (χ3n) is 3.31. The molecule has 0 bridgehead atoms. The van der Waals surface area contributed by atoms with Crippen LogP contribution in [0, 0.1) is 5.41 Å². The van der Waals surface area contributed by atoms with Gasteiger partial charge in [-0.3, -0.25) is 9.59 Å². The van der Waals surface area contributed by atoms with Gasteiger partial charge in [-0.2, -0.15) is 0 Å². The van der Waals surface area contributed by atoms with Gasteiger partial charge in [0.1, 0.15) is 12.4 Å². The van der Waals surface area contributed by atoms with Crippen LogP contribution < -0.4 is 10.1 Å². The lowest BCUT2D eigenvalue weighted by Crippen LogP contribution is -2.32. The number of esters is 1. The predicted octanol–water partition coefficient (Wildman–Crippen LogP) is 2.15. The highest BCUT2D eigenvalue weighted by molar-refractivity contribution is 5.94. The molecule has 5 heteroatoms. The molecule has 1 aromatic carbocycles. The highest BCUT2D eigenvalue weighted by Gasteiger charge is 2.29. The van der Waals surface area contributed by atoms with E-state index in [4.69, 9.17) is 9.47 Å². The molecule has 1 amide bonds. The van der Waals surface area contributed by atoms with Crippen molar-refractivity contribution in [2.45, 2.75) is 26.7 Å². The number of benzene rings is 1. The van der Waals surface area contributed by atoms with Crippen molar-refractivity contribution >= 4 is 17.6 Å². The summed E-state index contributed by atoms with van der Waals surface area (Å²) in [4.78, 5) is 22.9. The van der Waals surface area contributed by atoms with Gasteiger partial charge in [0.15, 0.2) is 0 Å². The Morgan fingerprint density at radius 3 is 2.80 bits per heavy atom. The molecule has 0 spiro atoms. The summed E-state index contributed by atoms with van der Waals surface area (Å²) in [5.74, 6) is 0.330. The fraction of sp³-hybridized carbons (Fsp3) is 0.467. The zero-order valence-electron chi connectivity index (χ0n) is 12.0. The van der Waals surface area contributed by atoms with Gasteiger partial charge < -0.3 is 14.8 Å². The van der Waals surface area contributed by atoms with Crippen LogP contribution in [-0.4, -0.2) is 25.6 Å². The van der Waals surface area contributed by atoms with Crippen LogP contribution in [0.5, 0.6) is 5.75 Å². The van der Waals surface area contributed by atoms with E-state index < -0.39 is 5.41 Å². The highest BCUT2D eigenvalue weighted by atomic mass is 16.5. The fourth-order valence-electron chi connectivity index (χ4n) is 2.04. The van der Waals surface area contributed by atoms with Crippen molar-refractivity contribution in [2.75, 3.05) is 19.0 Å². The molecular weight excluding hydrogens is 258 g/mol. The molecule has 0 aromatic heterocycles. The Balaban J connectivity index is 2.06. The van der Waals surface area contributed by atoms with Crippen molar-refractivity contribution in [2.24, 2.45) is 5.41 Å². The number of carbonyl (C=O) groups excluding carboxylic acids is 2. The fourth-order valence-corrected chi connectivity index (χ4v) is 2.04. The van der Waals surface area contributed by atoms with Gasteiger partial charge in [0.25, 0.3) is 0 Å². The van der Waals surface area contributed by atoms with Crippen LogP contribution in [0.15, 0.2) is 18.2 Å². The molecule has 0 radical (unpaired) electrons. The second-order valence-corrected chi connectivity index (χ2v) is 5.53. The highest BCUT2D eigenvalue weighted by Crippen LogP contribution is 2.28. The summed E-state index contributed by atoms with van der Waals surface area (Å²) >= 11 is 0. The van der Waals surface area contributed by atoms with E-state index in [-0.39, 0.29) is 18.5 Å². The summed E-state index contributed by atoms with van der Waals surface area (Å²) in [6.45, 7) is 3.74. The van der Waals surface area contributed by atoms with Crippen LogP contribution in [-0.2, 0) is 20.7 Å². The zero-order chi connectivity index (χ0) is 14.8. The maximum atomic E-state index is 11.6. The number of hydrogen-bond acceptors (Lipinski definition) is 4. The molecule has 1 heterocycles. The van der Waals surface area contributed by atoms with Crippen LogP contribution in [0.1, 0.15) is 25.8 Å². The number of carbonyl (C=O) groups is 2. The molecule has 1 N–H and O–H groups in total. The Kier molecular flexibility index (Phi) is 3.97. The molecule has 2 rings (SSSR count). The molecule has 0 saturated carbocycles. The number of anilines is 1. The molecule has 108 valence electrons. The lowest BCUT2D eigenvalue weighted by Gasteiger charge is -2.23. The Morgan fingerprint density at radius 1 is 1.35 bits per heavy atom. The van der Waals surface area contributed by atoms with Gasteiger partial charge in [0.2, 0.25) is 5.91 Å². The summed E-state index contributed by atoms with van der Waals surface area (Å²) in [6, 6.07) is 5.58. The van der Waals surface area contributed by atoms with Crippen LogP contribution in [0.4, 0.5) is 5.69 Å². The molecule has 0 unspecified atom stereocenters. The van der Waals surface area contributed by atoms with Crippen LogP contribution in [0.25, 0.3) is 0 Å².